The van der Waals surface area contributed by atoms with Gasteiger partial charge in [0.1, 0.15) is 0 Å². The molecule has 1 saturated heterocycles. The minimum atomic E-state index is -0.535. The van der Waals surface area contributed by atoms with Crippen LogP contribution < -0.4 is 16.0 Å². The Kier molecular flexibility index (Phi) is 5.94. The van der Waals surface area contributed by atoms with Gasteiger partial charge in [0, 0.05) is 36.7 Å². The summed E-state index contributed by atoms with van der Waals surface area (Å²) in [6.07, 6.45) is 1.39. The second-order valence-corrected chi connectivity index (χ2v) is 8.32. The number of allylic oxidation sites excluding steroid dienone is 1. The number of anilines is 1. The number of hydrogen-bond acceptors (Lipinski definition) is 7. The first-order valence-corrected chi connectivity index (χ1v) is 10.00. The maximum atomic E-state index is 11.6. The van der Waals surface area contributed by atoms with Crippen molar-refractivity contribution >= 4 is 51.0 Å². The highest BCUT2D eigenvalue weighted by Gasteiger charge is 2.27. The van der Waals surface area contributed by atoms with Crippen molar-refractivity contribution in [1.82, 2.24) is 15.3 Å². The number of aromatic nitrogens is 2. The van der Waals surface area contributed by atoms with Crippen molar-refractivity contribution in [3.63, 3.8) is 0 Å². The van der Waals surface area contributed by atoms with Crippen LogP contribution in [0.3, 0.4) is 0 Å². The van der Waals surface area contributed by atoms with E-state index in [0.29, 0.717) is 24.6 Å². The molecule has 0 radical (unpaired) electrons. The van der Waals surface area contributed by atoms with E-state index in [9.17, 15) is 4.79 Å². The van der Waals surface area contributed by atoms with Crippen LogP contribution in [0.5, 0.6) is 0 Å². The van der Waals surface area contributed by atoms with E-state index in [4.69, 9.17) is 20.9 Å². The Balaban J connectivity index is 2.11. The zero-order valence-electron chi connectivity index (χ0n) is 16.8. The predicted octanol–water partition coefficient (Wildman–Crippen LogP) is 1.88. The lowest BCUT2D eigenvalue weighted by Crippen LogP contribution is -2.38. The van der Waals surface area contributed by atoms with Gasteiger partial charge in [-0.15, -0.1) is 11.3 Å². The fraction of sp³-hybridized carbons (Fsp3) is 0.421. The van der Waals surface area contributed by atoms with E-state index in [1.54, 1.807) is 11.3 Å². The first-order valence-electron chi connectivity index (χ1n) is 9.18. The predicted molar refractivity (Wildman–Crippen MR) is 117 cm³/mol. The Labute approximate surface area is 173 Å². The van der Waals surface area contributed by atoms with Crippen LogP contribution in [0.4, 0.5) is 5.82 Å². The monoisotopic (exact) mass is 415 g/mol. The summed E-state index contributed by atoms with van der Waals surface area (Å²) < 4.78 is 6.42. The Bertz CT molecular complexity index is 990. The van der Waals surface area contributed by atoms with Gasteiger partial charge in [0.05, 0.1) is 29.0 Å². The van der Waals surface area contributed by atoms with Crippen LogP contribution in [0.2, 0.25) is 0 Å². The SMILES string of the molecule is C=C(/C=N\C(=N)N)c1nc(N2CCOCC2)c2sc(C(C)(C)NC(C)=O)cc2n1. The number of morpholine rings is 1. The molecule has 1 aliphatic heterocycles. The summed E-state index contributed by atoms with van der Waals surface area (Å²) in [7, 11) is 0. The van der Waals surface area contributed by atoms with Gasteiger partial charge in [-0.1, -0.05) is 6.58 Å². The average Bonchev–Trinajstić information content (AvgIpc) is 3.10. The zero-order chi connectivity index (χ0) is 21.2. The normalized spacial score (nSPS) is 15.1. The lowest BCUT2D eigenvalue weighted by atomic mass is 10.0. The molecule has 0 aliphatic carbocycles. The highest BCUT2D eigenvalue weighted by Crippen LogP contribution is 2.37. The number of nitrogens with one attached hydrogen (secondary N) is 2. The summed E-state index contributed by atoms with van der Waals surface area (Å²) >= 11 is 1.57. The molecular weight excluding hydrogens is 390 g/mol. The maximum Gasteiger partial charge on any atom is 0.217 e. The van der Waals surface area contributed by atoms with E-state index in [1.165, 1.54) is 13.1 Å². The molecule has 2 aromatic heterocycles. The van der Waals surface area contributed by atoms with Gasteiger partial charge >= 0.3 is 0 Å². The summed E-state index contributed by atoms with van der Waals surface area (Å²) in [5.41, 5.74) is 5.99. The van der Waals surface area contributed by atoms with E-state index in [-0.39, 0.29) is 11.9 Å². The van der Waals surface area contributed by atoms with E-state index < -0.39 is 5.54 Å². The van der Waals surface area contributed by atoms with Crippen molar-refractivity contribution in [2.45, 2.75) is 26.3 Å². The van der Waals surface area contributed by atoms with Crippen molar-refractivity contribution in [2.75, 3.05) is 31.2 Å². The molecule has 1 amide bonds. The number of hydrogen-bond donors (Lipinski definition) is 3. The molecule has 0 bridgehead atoms. The summed E-state index contributed by atoms with van der Waals surface area (Å²) in [4.78, 5) is 27.9. The smallest absolute Gasteiger partial charge is 0.217 e. The van der Waals surface area contributed by atoms with Gasteiger partial charge in [0.15, 0.2) is 11.6 Å². The van der Waals surface area contributed by atoms with E-state index in [1.807, 2.05) is 19.9 Å². The number of fused-ring (bicyclic) bond motifs is 1. The fourth-order valence-corrected chi connectivity index (χ4v) is 4.23. The molecule has 154 valence electrons. The molecule has 1 fully saturated rings. The number of nitrogens with zero attached hydrogens (tertiary/aromatic N) is 4. The Hall–Kier alpha value is -2.85. The topological polar surface area (TPSA) is 130 Å². The van der Waals surface area contributed by atoms with Gasteiger partial charge in [-0.2, -0.15) is 0 Å². The quantitative estimate of drug-likeness (QED) is 0.505. The van der Waals surface area contributed by atoms with Crippen LogP contribution in [0.1, 0.15) is 31.5 Å². The Morgan fingerprint density at radius 1 is 1.45 bits per heavy atom. The first kappa shape index (κ1) is 20.9. The summed E-state index contributed by atoms with van der Waals surface area (Å²) in [6.45, 7) is 12.1. The van der Waals surface area contributed by atoms with E-state index in [2.05, 4.69) is 26.8 Å². The summed E-state index contributed by atoms with van der Waals surface area (Å²) in [6, 6.07) is 1.97. The van der Waals surface area contributed by atoms with E-state index in [0.717, 1.165) is 34.0 Å². The molecule has 2 aromatic rings. The molecule has 0 aromatic carbocycles. The highest BCUT2D eigenvalue weighted by molar-refractivity contribution is 7.19. The molecule has 0 atom stereocenters. The fourth-order valence-electron chi connectivity index (χ4n) is 3.06. The number of aliphatic imine (C=N–C) groups is 1. The summed E-state index contributed by atoms with van der Waals surface area (Å²) in [5, 5.41) is 10.2. The van der Waals surface area contributed by atoms with Gasteiger partial charge in [0.2, 0.25) is 11.9 Å². The highest BCUT2D eigenvalue weighted by atomic mass is 32.1. The largest absolute Gasteiger partial charge is 0.378 e. The number of carbonyl (C=O) groups is 1. The standard InChI is InChI=1S/C19H25N7O2S/c1-11(10-22-18(20)21)16-23-13-9-14(19(3,4)25-12(2)27)29-15(13)17(24-16)26-5-7-28-8-6-26/h9-10H,1,5-8H2,2-4H3,(H3,20,21)(H,25,27)/b22-10-. The molecule has 3 heterocycles. The number of nitrogens with two attached hydrogens (primary N) is 1. The molecule has 3 rings (SSSR count). The molecule has 0 unspecified atom stereocenters. The number of carbonyl (C=O) groups excluding carboxylic acids is 1. The molecule has 4 N–H and O–H groups in total. The molecule has 10 heteroatoms. The first-order chi connectivity index (χ1) is 13.7. The van der Waals surface area contributed by atoms with Crippen LogP contribution in [0.15, 0.2) is 17.6 Å². The third-order valence-electron chi connectivity index (χ3n) is 4.42. The third kappa shape index (κ3) is 4.77. The number of amides is 1. The van der Waals surface area contributed by atoms with Crippen molar-refractivity contribution in [1.29, 1.82) is 5.41 Å². The van der Waals surface area contributed by atoms with Crippen LogP contribution in [0, 0.1) is 5.41 Å². The van der Waals surface area contributed by atoms with Crippen LogP contribution in [-0.2, 0) is 15.1 Å². The van der Waals surface area contributed by atoms with Crippen molar-refractivity contribution in [3.8, 4) is 0 Å². The van der Waals surface area contributed by atoms with Crippen LogP contribution >= 0.6 is 11.3 Å². The van der Waals surface area contributed by atoms with Crippen molar-refractivity contribution < 1.29 is 9.53 Å². The zero-order valence-corrected chi connectivity index (χ0v) is 17.6. The Morgan fingerprint density at radius 3 is 2.76 bits per heavy atom. The number of ether oxygens (including phenoxy) is 1. The van der Waals surface area contributed by atoms with Gasteiger partial charge < -0.3 is 20.7 Å². The lowest BCUT2D eigenvalue weighted by Gasteiger charge is -2.28. The molecule has 1 aliphatic rings. The van der Waals surface area contributed by atoms with Gasteiger partial charge in [0.25, 0.3) is 0 Å². The molecule has 0 saturated carbocycles. The minimum Gasteiger partial charge on any atom is -0.378 e. The van der Waals surface area contributed by atoms with Crippen molar-refractivity contribution in [3.05, 3.63) is 23.3 Å². The molecule has 29 heavy (non-hydrogen) atoms. The van der Waals surface area contributed by atoms with Gasteiger partial charge in [-0.3, -0.25) is 10.2 Å². The van der Waals surface area contributed by atoms with Gasteiger partial charge in [-0.25, -0.2) is 15.0 Å². The summed E-state index contributed by atoms with van der Waals surface area (Å²) in [5.74, 6) is 0.822. The molecule has 9 nitrogen and oxygen atoms in total. The number of thiophene rings is 1. The van der Waals surface area contributed by atoms with Crippen LogP contribution in [-0.4, -0.2) is 54.4 Å². The van der Waals surface area contributed by atoms with Gasteiger partial charge in [-0.05, 0) is 19.9 Å². The van der Waals surface area contributed by atoms with E-state index >= 15 is 0 Å². The number of guanidine groups is 1. The third-order valence-corrected chi connectivity index (χ3v) is 5.86. The Morgan fingerprint density at radius 2 is 2.14 bits per heavy atom. The lowest BCUT2D eigenvalue weighted by molar-refractivity contribution is -0.120. The molecular formula is C19H25N7O2S. The number of rotatable bonds is 5. The minimum absolute atomic E-state index is 0.0959. The van der Waals surface area contributed by atoms with Crippen LogP contribution in [0.25, 0.3) is 15.8 Å². The average molecular weight is 416 g/mol. The molecule has 0 spiro atoms. The second-order valence-electron chi connectivity index (χ2n) is 7.27. The second kappa shape index (κ2) is 8.26. The van der Waals surface area contributed by atoms with Crippen molar-refractivity contribution in [2.24, 2.45) is 10.7 Å². The maximum absolute atomic E-state index is 11.6.